The maximum absolute atomic E-state index is 12.5. The van der Waals surface area contributed by atoms with Crippen molar-refractivity contribution in [1.29, 1.82) is 0 Å². The van der Waals surface area contributed by atoms with E-state index in [0.29, 0.717) is 16.4 Å². The van der Waals surface area contributed by atoms with Gasteiger partial charge in [-0.3, -0.25) is 5.32 Å². The van der Waals surface area contributed by atoms with Crippen LogP contribution >= 0.6 is 11.3 Å². The number of halogens is 3. The summed E-state index contributed by atoms with van der Waals surface area (Å²) in [5.41, 5.74) is -0.141. The number of thiazole rings is 1. The van der Waals surface area contributed by atoms with E-state index in [1.54, 1.807) is 5.38 Å². The lowest BCUT2D eigenvalue weighted by atomic mass is 10.1. The first-order valence-corrected chi connectivity index (χ1v) is 7.34. The number of rotatable bonds is 3. The van der Waals surface area contributed by atoms with Crippen LogP contribution in [0.15, 0.2) is 29.6 Å². The number of nitrogens with one attached hydrogen (secondary N) is 2. The maximum atomic E-state index is 12.5. The van der Waals surface area contributed by atoms with E-state index in [0.717, 1.165) is 12.1 Å². The summed E-state index contributed by atoms with van der Waals surface area (Å²) >= 11 is 1.24. The number of benzene rings is 1. The van der Waals surface area contributed by atoms with Gasteiger partial charge in [-0.1, -0.05) is 12.1 Å². The summed E-state index contributed by atoms with van der Waals surface area (Å²) in [6.07, 6.45) is -4.36. The highest BCUT2D eigenvalue weighted by Gasteiger charge is 2.30. The molecule has 0 aliphatic heterocycles. The summed E-state index contributed by atoms with van der Waals surface area (Å²) in [5.74, 6) is 0.359. The number of amides is 2. The van der Waals surface area contributed by atoms with Crippen molar-refractivity contribution in [3.05, 3.63) is 35.2 Å². The van der Waals surface area contributed by atoms with E-state index in [1.165, 1.54) is 23.5 Å². The van der Waals surface area contributed by atoms with E-state index in [1.807, 2.05) is 13.8 Å². The second kappa shape index (κ2) is 6.35. The normalized spacial score (nSPS) is 11.5. The van der Waals surface area contributed by atoms with Crippen LogP contribution in [0.25, 0.3) is 10.6 Å². The van der Waals surface area contributed by atoms with Crippen LogP contribution in [-0.4, -0.2) is 17.1 Å². The van der Waals surface area contributed by atoms with Crippen LogP contribution in [-0.2, 0) is 6.18 Å². The van der Waals surface area contributed by atoms with Gasteiger partial charge in [0.2, 0.25) is 0 Å². The van der Waals surface area contributed by atoms with Crippen molar-refractivity contribution in [2.24, 2.45) is 0 Å². The van der Waals surface area contributed by atoms with Crippen molar-refractivity contribution in [3.63, 3.8) is 0 Å². The number of carbonyl (C=O) groups is 1. The van der Waals surface area contributed by atoms with Gasteiger partial charge < -0.3 is 5.32 Å². The molecule has 8 heteroatoms. The van der Waals surface area contributed by atoms with Crippen molar-refractivity contribution in [3.8, 4) is 10.6 Å². The number of hydrogen-bond donors (Lipinski definition) is 2. The zero-order chi connectivity index (χ0) is 16.3. The lowest BCUT2D eigenvalue weighted by Gasteiger charge is -2.08. The van der Waals surface area contributed by atoms with Crippen LogP contribution in [0.1, 0.15) is 19.4 Å². The fourth-order valence-electron chi connectivity index (χ4n) is 1.68. The second-order valence-corrected chi connectivity index (χ2v) is 5.72. The fourth-order valence-corrected chi connectivity index (χ4v) is 2.44. The van der Waals surface area contributed by atoms with Gasteiger partial charge in [0.1, 0.15) is 10.8 Å². The average Bonchev–Trinajstić information content (AvgIpc) is 2.85. The highest BCUT2D eigenvalue weighted by molar-refractivity contribution is 7.13. The monoisotopic (exact) mass is 329 g/mol. The van der Waals surface area contributed by atoms with Gasteiger partial charge in [0.05, 0.1) is 5.56 Å². The topological polar surface area (TPSA) is 54.0 Å². The molecule has 0 saturated carbocycles. The Labute approximate surface area is 129 Å². The summed E-state index contributed by atoms with van der Waals surface area (Å²) in [6, 6.07) is 4.36. The van der Waals surface area contributed by atoms with E-state index in [9.17, 15) is 18.0 Å². The Hall–Kier alpha value is -2.09. The molecule has 1 aromatic carbocycles. The average molecular weight is 329 g/mol. The molecule has 0 fully saturated rings. The Morgan fingerprint density at radius 1 is 1.23 bits per heavy atom. The molecule has 1 aromatic heterocycles. The molecular formula is C14H14F3N3OS. The zero-order valence-corrected chi connectivity index (χ0v) is 12.7. The standard InChI is InChI=1S/C14H14F3N3OS/c1-8(2)18-13(21)20-11-7-22-12(19-11)9-3-5-10(6-4-9)14(15,16)17/h3-8H,1-2H3,(H2,18,20,21). The minimum Gasteiger partial charge on any atom is -0.336 e. The van der Waals surface area contributed by atoms with E-state index in [2.05, 4.69) is 15.6 Å². The molecule has 0 unspecified atom stereocenters. The van der Waals surface area contributed by atoms with Crippen LogP contribution in [0, 0.1) is 0 Å². The first-order valence-electron chi connectivity index (χ1n) is 6.46. The lowest BCUT2D eigenvalue weighted by molar-refractivity contribution is -0.137. The molecule has 0 saturated heterocycles. The molecule has 2 aromatic rings. The molecule has 0 radical (unpaired) electrons. The molecule has 0 aliphatic rings. The Balaban J connectivity index is 2.09. The molecule has 22 heavy (non-hydrogen) atoms. The first kappa shape index (κ1) is 16.3. The zero-order valence-electron chi connectivity index (χ0n) is 11.9. The number of anilines is 1. The van der Waals surface area contributed by atoms with Crippen LogP contribution in [0.4, 0.5) is 23.8 Å². The summed E-state index contributed by atoms with van der Waals surface area (Å²) in [5, 5.41) is 7.39. The molecular weight excluding hydrogens is 315 g/mol. The molecule has 0 atom stereocenters. The predicted octanol–water partition coefficient (Wildman–Crippen LogP) is 4.36. The van der Waals surface area contributed by atoms with Gasteiger partial charge in [0.15, 0.2) is 0 Å². The van der Waals surface area contributed by atoms with Crippen molar-refractivity contribution in [1.82, 2.24) is 10.3 Å². The molecule has 0 aliphatic carbocycles. The molecule has 2 N–H and O–H groups in total. The van der Waals surface area contributed by atoms with Crippen LogP contribution in [0.5, 0.6) is 0 Å². The quantitative estimate of drug-likeness (QED) is 0.879. The van der Waals surface area contributed by atoms with Crippen molar-refractivity contribution >= 4 is 23.2 Å². The van der Waals surface area contributed by atoms with E-state index in [4.69, 9.17) is 0 Å². The minimum atomic E-state index is -4.36. The van der Waals surface area contributed by atoms with Gasteiger partial charge in [0.25, 0.3) is 0 Å². The van der Waals surface area contributed by atoms with Crippen molar-refractivity contribution in [2.75, 3.05) is 5.32 Å². The highest BCUT2D eigenvalue weighted by atomic mass is 32.1. The van der Waals surface area contributed by atoms with Crippen molar-refractivity contribution in [2.45, 2.75) is 26.1 Å². The van der Waals surface area contributed by atoms with Crippen LogP contribution in [0.2, 0.25) is 0 Å². The van der Waals surface area contributed by atoms with Gasteiger partial charge in [-0.05, 0) is 26.0 Å². The van der Waals surface area contributed by atoms with Gasteiger partial charge in [0, 0.05) is 17.0 Å². The van der Waals surface area contributed by atoms with Crippen LogP contribution < -0.4 is 10.6 Å². The smallest absolute Gasteiger partial charge is 0.336 e. The Bertz CT molecular complexity index is 650. The van der Waals surface area contributed by atoms with E-state index >= 15 is 0 Å². The lowest BCUT2D eigenvalue weighted by Crippen LogP contribution is -2.34. The molecule has 2 amide bonds. The largest absolute Gasteiger partial charge is 0.416 e. The number of hydrogen-bond acceptors (Lipinski definition) is 3. The molecule has 1 heterocycles. The Morgan fingerprint density at radius 2 is 1.86 bits per heavy atom. The van der Waals surface area contributed by atoms with Gasteiger partial charge >= 0.3 is 12.2 Å². The number of nitrogens with zero attached hydrogens (tertiary/aromatic N) is 1. The van der Waals surface area contributed by atoms with Gasteiger partial charge in [-0.2, -0.15) is 13.2 Å². The molecule has 4 nitrogen and oxygen atoms in total. The summed E-state index contributed by atoms with van der Waals surface area (Å²) in [7, 11) is 0. The molecule has 118 valence electrons. The third kappa shape index (κ3) is 4.20. The molecule has 0 spiro atoms. The van der Waals surface area contributed by atoms with Gasteiger partial charge in [-0.15, -0.1) is 11.3 Å². The number of aromatic nitrogens is 1. The molecule has 2 rings (SSSR count). The highest BCUT2D eigenvalue weighted by Crippen LogP contribution is 2.32. The van der Waals surface area contributed by atoms with E-state index in [-0.39, 0.29) is 12.1 Å². The Kier molecular flexibility index (Phi) is 4.70. The third-order valence-electron chi connectivity index (χ3n) is 2.62. The number of alkyl halides is 3. The first-order chi connectivity index (χ1) is 10.3. The number of carbonyl (C=O) groups excluding carboxylic acids is 1. The third-order valence-corrected chi connectivity index (χ3v) is 3.52. The van der Waals surface area contributed by atoms with Gasteiger partial charge in [-0.25, -0.2) is 9.78 Å². The summed E-state index contributed by atoms with van der Waals surface area (Å²) < 4.78 is 37.5. The predicted molar refractivity (Wildman–Crippen MR) is 79.8 cm³/mol. The van der Waals surface area contributed by atoms with Crippen molar-refractivity contribution < 1.29 is 18.0 Å². The van der Waals surface area contributed by atoms with E-state index < -0.39 is 11.7 Å². The summed E-state index contributed by atoms with van der Waals surface area (Å²) in [4.78, 5) is 15.7. The fraction of sp³-hybridized carbons (Fsp3) is 0.286. The molecule has 0 bridgehead atoms. The SMILES string of the molecule is CC(C)NC(=O)Nc1csc(-c2ccc(C(F)(F)F)cc2)n1. The number of urea groups is 1. The van der Waals surface area contributed by atoms with Crippen LogP contribution in [0.3, 0.4) is 0 Å². The Morgan fingerprint density at radius 3 is 2.41 bits per heavy atom. The summed E-state index contributed by atoms with van der Waals surface area (Å²) in [6.45, 7) is 3.66. The second-order valence-electron chi connectivity index (χ2n) is 4.87. The maximum Gasteiger partial charge on any atom is 0.416 e. The minimum absolute atomic E-state index is 0.00646.